The van der Waals surface area contributed by atoms with Gasteiger partial charge in [0.25, 0.3) is 0 Å². The molecular formula is C38H27N3S. The first kappa shape index (κ1) is 24.6. The molecule has 42 heavy (non-hydrogen) atoms. The Bertz CT molecular complexity index is 2160. The molecule has 0 radical (unpaired) electrons. The summed E-state index contributed by atoms with van der Waals surface area (Å²) in [7, 11) is 0. The Labute approximate surface area is 248 Å². The van der Waals surface area contributed by atoms with Gasteiger partial charge >= 0.3 is 0 Å². The van der Waals surface area contributed by atoms with Crippen molar-refractivity contribution in [1.82, 2.24) is 9.55 Å². The van der Waals surface area contributed by atoms with Crippen LogP contribution >= 0.6 is 11.3 Å². The van der Waals surface area contributed by atoms with E-state index in [9.17, 15) is 0 Å². The highest BCUT2D eigenvalue weighted by atomic mass is 32.1. The fraction of sp³-hybridized carbons (Fsp3) is 0.0263. The largest absolute Gasteiger partial charge is 0.310 e. The lowest BCUT2D eigenvalue weighted by Gasteiger charge is -2.26. The summed E-state index contributed by atoms with van der Waals surface area (Å²) in [5, 5.41) is 3.50. The predicted molar refractivity (Wildman–Crippen MR) is 179 cm³/mol. The zero-order valence-electron chi connectivity index (χ0n) is 23.1. The summed E-state index contributed by atoms with van der Waals surface area (Å²) in [5.74, 6) is 0. The molecule has 2 heterocycles. The van der Waals surface area contributed by atoms with Crippen LogP contribution in [0.1, 0.15) is 5.56 Å². The van der Waals surface area contributed by atoms with Gasteiger partial charge in [0.05, 0.1) is 26.9 Å². The first-order valence-electron chi connectivity index (χ1n) is 14.1. The van der Waals surface area contributed by atoms with Gasteiger partial charge in [0.15, 0.2) is 0 Å². The zero-order chi connectivity index (χ0) is 28.0. The average molecular weight is 558 g/mol. The lowest BCUT2D eigenvalue weighted by atomic mass is 10.1. The van der Waals surface area contributed by atoms with E-state index in [1.54, 1.807) is 11.3 Å². The lowest BCUT2D eigenvalue weighted by Crippen LogP contribution is -2.10. The molecule has 4 heteroatoms. The van der Waals surface area contributed by atoms with Crippen LogP contribution in [0.25, 0.3) is 48.3 Å². The van der Waals surface area contributed by atoms with Crippen molar-refractivity contribution in [1.29, 1.82) is 0 Å². The third-order valence-corrected chi connectivity index (χ3v) is 8.97. The number of thiazole rings is 1. The van der Waals surface area contributed by atoms with Gasteiger partial charge in [-0.15, -0.1) is 11.3 Å². The second kappa shape index (κ2) is 10.0. The van der Waals surface area contributed by atoms with E-state index in [0.717, 1.165) is 38.8 Å². The molecule has 0 aliphatic rings. The number of hydrogen-bond donors (Lipinski definition) is 0. The maximum Gasteiger partial charge on any atom is 0.124 e. The fourth-order valence-corrected chi connectivity index (χ4v) is 6.88. The van der Waals surface area contributed by atoms with Crippen molar-refractivity contribution < 1.29 is 0 Å². The Morgan fingerprint density at radius 1 is 0.595 bits per heavy atom. The Hall–Kier alpha value is -5.19. The van der Waals surface area contributed by atoms with E-state index in [2.05, 4.69) is 156 Å². The standard InChI is InChI=1S/C38H27N3S/c1-26-18-22-29(23-19-26)40(28-10-3-2-4-11-28)34-15-9-16-35-37(34)31-12-5-7-14-33(31)41(35)30-24-20-27(21-25-30)38-39-32-13-6-8-17-36(32)42-38/h2-25H,1H3. The van der Waals surface area contributed by atoms with Crippen molar-refractivity contribution in [3.63, 3.8) is 0 Å². The Morgan fingerprint density at radius 3 is 2.10 bits per heavy atom. The van der Waals surface area contributed by atoms with Crippen molar-refractivity contribution >= 4 is 60.4 Å². The number of rotatable bonds is 5. The number of nitrogens with zero attached hydrogens (tertiary/aromatic N) is 3. The third kappa shape index (κ3) is 4.08. The van der Waals surface area contributed by atoms with Gasteiger partial charge < -0.3 is 9.47 Å². The maximum atomic E-state index is 4.88. The summed E-state index contributed by atoms with van der Waals surface area (Å²) < 4.78 is 3.59. The highest BCUT2D eigenvalue weighted by molar-refractivity contribution is 7.21. The molecular weight excluding hydrogens is 531 g/mol. The van der Waals surface area contributed by atoms with Gasteiger partial charge in [-0.2, -0.15) is 0 Å². The quantitative estimate of drug-likeness (QED) is 0.210. The van der Waals surface area contributed by atoms with E-state index in [4.69, 9.17) is 4.98 Å². The topological polar surface area (TPSA) is 21.1 Å². The van der Waals surface area contributed by atoms with Crippen LogP contribution in [0.3, 0.4) is 0 Å². The number of benzene rings is 6. The molecule has 0 saturated heterocycles. The summed E-state index contributed by atoms with van der Waals surface area (Å²) in [5.41, 5.74) is 10.3. The number of aromatic nitrogens is 2. The van der Waals surface area contributed by atoms with Crippen LogP contribution in [0.4, 0.5) is 17.1 Å². The highest BCUT2D eigenvalue weighted by Crippen LogP contribution is 2.43. The fourth-order valence-electron chi connectivity index (χ4n) is 5.91. The lowest BCUT2D eigenvalue weighted by molar-refractivity contribution is 1.18. The second-order valence-corrected chi connectivity index (χ2v) is 11.6. The zero-order valence-corrected chi connectivity index (χ0v) is 23.9. The minimum absolute atomic E-state index is 1.05. The molecule has 0 aliphatic carbocycles. The third-order valence-electron chi connectivity index (χ3n) is 7.89. The number of anilines is 3. The van der Waals surface area contributed by atoms with E-state index < -0.39 is 0 Å². The molecule has 2 aromatic heterocycles. The summed E-state index contributed by atoms with van der Waals surface area (Å²) >= 11 is 1.74. The van der Waals surface area contributed by atoms with Crippen LogP contribution in [-0.2, 0) is 0 Å². The molecule has 0 aliphatic heterocycles. The monoisotopic (exact) mass is 557 g/mol. The molecule has 200 valence electrons. The van der Waals surface area contributed by atoms with Crippen LogP contribution in [0, 0.1) is 6.92 Å². The van der Waals surface area contributed by atoms with E-state index in [-0.39, 0.29) is 0 Å². The molecule has 6 aromatic carbocycles. The summed E-state index contributed by atoms with van der Waals surface area (Å²) in [4.78, 5) is 7.25. The summed E-state index contributed by atoms with van der Waals surface area (Å²) in [6.07, 6.45) is 0. The van der Waals surface area contributed by atoms with Crippen molar-refractivity contribution in [3.8, 4) is 16.3 Å². The van der Waals surface area contributed by atoms with Gasteiger partial charge in [-0.3, -0.25) is 0 Å². The molecule has 8 aromatic rings. The maximum absolute atomic E-state index is 4.88. The van der Waals surface area contributed by atoms with E-state index in [1.165, 1.54) is 32.1 Å². The molecule has 0 bridgehead atoms. The van der Waals surface area contributed by atoms with Crippen LogP contribution in [0.2, 0.25) is 0 Å². The Morgan fingerprint density at radius 2 is 1.29 bits per heavy atom. The van der Waals surface area contributed by atoms with E-state index >= 15 is 0 Å². The van der Waals surface area contributed by atoms with Gasteiger partial charge in [-0.25, -0.2) is 4.98 Å². The number of para-hydroxylation sites is 3. The van der Waals surface area contributed by atoms with Gasteiger partial charge in [0.2, 0.25) is 0 Å². The number of hydrogen-bond acceptors (Lipinski definition) is 3. The smallest absolute Gasteiger partial charge is 0.124 e. The molecule has 0 saturated carbocycles. The second-order valence-electron chi connectivity index (χ2n) is 10.6. The highest BCUT2D eigenvalue weighted by Gasteiger charge is 2.20. The van der Waals surface area contributed by atoms with Crippen molar-refractivity contribution in [2.45, 2.75) is 6.92 Å². The van der Waals surface area contributed by atoms with Gasteiger partial charge in [-0.05, 0) is 85.8 Å². The molecule has 0 amide bonds. The van der Waals surface area contributed by atoms with Crippen molar-refractivity contribution in [2.24, 2.45) is 0 Å². The molecule has 0 unspecified atom stereocenters. The molecule has 0 spiro atoms. The van der Waals surface area contributed by atoms with Crippen LogP contribution < -0.4 is 4.90 Å². The predicted octanol–water partition coefficient (Wildman–Crippen LogP) is 10.8. The number of fused-ring (bicyclic) bond motifs is 4. The summed E-state index contributed by atoms with van der Waals surface area (Å²) in [6.45, 7) is 2.13. The minimum Gasteiger partial charge on any atom is -0.310 e. The van der Waals surface area contributed by atoms with Gasteiger partial charge in [0.1, 0.15) is 5.01 Å². The van der Waals surface area contributed by atoms with E-state index in [1.807, 2.05) is 6.07 Å². The SMILES string of the molecule is Cc1ccc(N(c2ccccc2)c2cccc3c2c2ccccc2n3-c2ccc(-c3nc4ccccc4s3)cc2)cc1. The van der Waals surface area contributed by atoms with Crippen LogP contribution in [0.5, 0.6) is 0 Å². The van der Waals surface area contributed by atoms with Crippen molar-refractivity contribution in [3.05, 3.63) is 151 Å². The normalized spacial score (nSPS) is 11.5. The molecule has 3 nitrogen and oxygen atoms in total. The molecule has 0 N–H and O–H groups in total. The first-order valence-corrected chi connectivity index (χ1v) is 15.0. The average Bonchev–Trinajstić information content (AvgIpc) is 3.63. The minimum atomic E-state index is 1.05. The Kier molecular flexibility index (Phi) is 5.87. The molecule has 0 fully saturated rings. The molecule has 8 rings (SSSR count). The first-order chi connectivity index (χ1) is 20.7. The molecule has 0 atom stereocenters. The van der Waals surface area contributed by atoms with Crippen LogP contribution in [0.15, 0.2) is 146 Å². The Balaban J connectivity index is 1.32. The van der Waals surface area contributed by atoms with Gasteiger partial charge in [-0.1, -0.05) is 72.3 Å². The summed E-state index contributed by atoms with van der Waals surface area (Å²) in [6, 6.07) is 51.9. The van der Waals surface area contributed by atoms with Crippen molar-refractivity contribution in [2.75, 3.05) is 4.90 Å². The number of aryl methyl sites for hydroxylation is 1. The van der Waals surface area contributed by atoms with Crippen LogP contribution in [-0.4, -0.2) is 9.55 Å². The van der Waals surface area contributed by atoms with Gasteiger partial charge in [0, 0.05) is 33.4 Å². The van der Waals surface area contributed by atoms with E-state index in [0.29, 0.717) is 0 Å².